The van der Waals surface area contributed by atoms with E-state index >= 15 is 0 Å². The number of rotatable bonds is 1. The van der Waals surface area contributed by atoms with Gasteiger partial charge in [-0.15, -0.1) is 0 Å². The van der Waals surface area contributed by atoms with Crippen LogP contribution in [-0.2, 0) is 0 Å². The molecule has 0 aliphatic carbocycles. The molecule has 0 unspecified atom stereocenters. The minimum absolute atomic E-state index is 0.0298. The molecule has 3 nitrogen and oxygen atoms in total. The van der Waals surface area contributed by atoms with Crippen LogP contribution in [0.4, 0.5) is 0 Å². The molecule has 2 heterocycles. The average Bonchev–Trinajstić information content (AvgIpc) is 2.70. The van der Waals surface area contributed by atoms with Gasteiger partial charge in [0.15, 0.2) is 5.76 Å². The topological polar surface area (TPSA) is 33.5 Å². The molecular weight excluding hydrogens is 178 g/mol. The average molecular weight is 193 g/mol. The molecule has 0 N–H and O–H groups in total. The zero-order valence-corrected chi connectivity index (χ0v) is 8.40. The summed E-state index contributed by atoms with van der Waals surface area (Å²) in [6, 6.07) is 3.83. The molecule has 1 fully saturated rings. The maximum atomic E-state index is 11.9. The third kappa shape index (κ3) is 1.67. The molecule has 1 aromatic rings. The third-order valence-electron chi connectivity index (χ3n) is 2.80. The largest absolute Gasteiger partial charge is 0.459 e. The Kier molecular flexibility index (Phi) is 2.57. The van der Waals surface area contributed by atoms with Crippen molar-refractivity contribution in [3.8, 4) is 0 Å². The molecule has 1 amide bonds. The second-order valence-electron chi connectivity index (χ2n) is 3.82. The predicted molar refractivity (Wildman–Crippen MR) is 53.1 cm³/mol. The number of likely N-dealkylation sites (tertiary alicyclic amines) is 1. The van der Waals surface area contributed by atoms with Gasteiger partial charge in [-0.2, -0.15) is 0 Å². The van der Waals surface area contributed by atoms with Crippen molar-refractivity contribution in [1.82, 2.24) is 4.90 Å². The van der Waals surface area contributed by atoms with Gasteiger partial charge >= 0.3 is 0 Å². The molecule has 76 valence electrons. The van der Waals surface area contributed by atoms with Crippen LogP contribution in [0.3, 0.4) is 0 Å². The Morgan fingerprint density at radius 2 is 2.43 bits per heavy atom. The van der Waals surface area contributed by atoms with Crippen LogP contribution < -0.4 is 0 Å². The lowest BCUT2D eigenvalue weighted by Crippen LogP contribution is -2.41. The van der Waals surface area contributed by atoms with Gasteiger partial charge in [0.25, 0.3) is 5.91 Å². The molecule has 1 saturated heterocycles. The maximum Gasteiger partial charge on any atom is 0.289 e. The van der Waals surface area contributed by atoms with Gasteiger partial charge in [-0.3, -0.25) is 4.79 Å². The van der Waals surface area contributed by atoms with E-state index in [2.05, 4.69) is 6.92 Å². The van der Waals surface area contributed by atoms with Crippen molar-refractivity contribution in [1.29, 1.82) is 0 Å². The van der Waals surface area contributed by atoms with Crippen molar-refractivity contribution in [3.63, 3.8) is 0 Å². The van der Waals surface area contributed by atoms with Gasteiger partial charge < -0.3 is 9.32 Å². The van der Waals surface area contributed by atoms with E-state index in [0.29, 0.717) is 11.8 Å². The van der Waals surface area contributed by atoms with Gasteiger partial charge in [0.1, 0.15) is 0 Å². The molecule has 2 rings (SSSR count). The van der Waals surface area contributed by atoms with Crippen LogP contribution in [0.15, 0.2) is 22.8 Å². The summed E-state index contributed by atoms with van der Waals surface area (Å²) in [5.41, 5.74) is 0. The van der Waals surface area contributed by atoms with Gasteiger partial charge in [0.2, 0.25) is 0 Å². The van der Waals surface area contributed by atoms with E-state index in [9.17, 15) is 4.79 Å². The fourth-order valence-corrected chi connectivity index (χ4v) is 1.94. The number of nitrogens with zero attached hydrogens (tertiary/aromatic N) is 1. The van der Waals surface area contributed by atoms with Crippen molar-refractivity contribution < 1.29 is 9.21 Å². The van der Waals surface area contributed by atoms with Gasteiger partial charge in [-0.1, -0.05) is 0 Å². The number of furan rings is 1. The minimum Gasteiger partial charge on any atom is -0.459 e. The normalized spacial score (nSPS) is 22.4. The van der Waals surface area contributed by atoms with Gasteiger partial charge in [-0.25, -0.2) is 0 Å². The zero-order valence-electron chi connectivity index (χ0n) is 8.40. The first-order valence-electron chi connectivity index (χ1n) is 5.13. The molecule has 1 aliphatic rings. The molecule has 0 aromatic carbocycles. The summed E-state index contributed by atoms with van der Waals surface area (Å²) in [4.78, 5) is 13.8. The number of hydrogen-bond donors (Lipinski definition) is 0. The fraction of sp³-hybridized carbons (Fsp3) is 0.545. The second-order valence-corrected chi connectivity index (χ2v) is 3.82. The SMILES string of the molecule is C[C@H]1CCCCN1C(=O)c1ccco1. The third-order valence-corrected chi connectivity index (χ3v) is 2.80. The summed E-state index contributed by atoms with van der Waals surface area (Å²) in [6.45, 7) is 2.96. The monoisotopic (exact) mass is 193 g/mol. The molecule has 1 aliphatic heterocycles. The van der Waals surface area contributed by atoms with Crippen molar-refractivity contribution in [2.45, 2.75) is 32.2 Å². The van der Waals surface area contributed by atoms with E-state index in [1.165, 1.54) is 6.42 Å². The summed E-state index contributed by atoms with van der Waals surface area (Å²) in [5.74, 6) is 0.487. The molecular formula is C11H15NO2. The van der Waals surface area contributed by atoms with Gasteiger partial charge in [0.05, 0.1) is 6.26 Å². The predicted octanol–water partition coefficient (Wildman–Crippen LogP) is 2.29. The highest BCUT2D eigenvalue weighted by Gasteiger charge is 2.25. The number of hydrogen-bond acceptors (Lipinski definition) is 2. The molecule has 14 heavy (non-hydrogen) atoms. The molecule has 1 aromatic heterocycles. The van der Waals surface area contributed by atoms with E-state index < -0.39 is 0 Å². The highest BCUT2D eigenvalue weighted by atomic mass is 16.3. The molecule has 0 saturated carbocycles. The lowest BCUT2D eigenvalue weighted by molar-refractivity contribution is 0.0603. The first kappa shape index (κ1) is 9.31. The summed E-state index contributed by atoms with van der Waals surface area (Å²) >= 11 is 0. The number of piperidine rings is 1. The van der Waals surface area contributed by atoms with Crippen LogP contribution in [0.2, 0.25) is 0 Å². The molecule has 0 radical (unpaired) electrons. The Hall–Kier alpha value is -1.25. The van der Waals surface area contributed by atoms with Crippen molar-refractivity contribution in [3.05, 3.63) is 24.2 Å². The maximum absolute atomic E-state index is 11.9. The van der Waals surface area contributed by atoms with E-state index in [4.69, 9.17) is 4.42 Å². The highest BCUT2D eigenvalue weighted by molar-refractivity contribution is 5.91. The van der Waals surface area contributed by atoms with Crippen LogP contribution in [0.25, 0.3) is 0 Å². The molecule has 0 spiro atoms. The van der Waals surface area contributed by atoms with Crippen LogP contribution >= 0.6 is 0 Å². The van der Waals surface area contributed by atoms with Crippen molar-refractivity contribution in [2.75, 3.05) is 6.54 Å². The Morgan fingerprint density at radius 1 is 1.57 bits per heavy atom. The molecule has 3 heteroatoms. The quantitative estimate of drug-likeness (QED) is 0.685. The van der Waals surface area contributed by atoms with Crippen LogP contribution in [0.1, 0.15) is 36.7 Å². The second kappa shape index (κ2) is 3.86. The van der Waals surface area contributed by atoms with Crippen molar-refractivity contribution >= 4 is 5.91 Å². The Morgan fingerprint density at radius 3 is 3.07 bits per heavy atom. The smallest absolute Gasteiger partial charge is 0.289 e. The Bertz CT molecular complexity index is 305. The van der Waals surface area contributed by atoms with Gasteiger partial charge in [-0.05, 0) is 38.3 Å². The zero-order chi connectivity index (χ0) is 9.97. The van der Waals surface area contributed by atoms with Crippen LogP contribution in [0.5, 0.6) is 0 Å². The van der Waals surface area contributed by atoms with E-state index in [0.717, 1.165) is 19.4 Å². The molecule has 1 atom stereocenters. The first-order valence-corrected chi connectivity index (χ1v) is 5.13. The highest BCUT2D eigenvalue weighted by Crippen LogP contribution is 2.19. The van der Waals surface area contributed by atoms with E-state index in [1.807, 2.05) is 4.90 Å². The lowest BCUT2D eigenvalue weighted by atomic mass is 10.0. The Balaban J connectivity index is 2.10. The molecule has 0 bridgehead atoms. The van der Waals surface area contributed by atoms with Crippen LogP contribution in [-0.4, -0.2) is 23.4 Å². The number of carbonyl (C=O) groups excluding carboxylic acids is 1. The summed E-state index contributed by atoms with van der Waals surface area (Å²) in [6.07, 6.45) is 4.98. The number of carbonyl (C=O) groups is 1. The van der Waals surface area contributed by atoms with Crippen molar-refractivity contribution in [2.24, 2.45) is 0 Å². The fourth-order valence-electron chi connectivity index (χ4n) is 1.94. The van der Waals surface area contributed by atoms with Gasteiger partial charge in [0, 0.05) is 12.6 Å². The summed E-state index contributed by atoms with van der Waals surface area (Å²) in [7, 11) is 0. The summed E-state index contributed by atoms with van der Waals surface area (Å²) in [5, 5.41) is 0. The first-order chi connectivity index (χ1) is 6.79. The standard InChI is InChI=1S/C11H15NO2/c1-9-5-2-3-7-12(9)11(13)10-6-4-8-14-10/h4,6,8-9H,2-3,5,7H2,1H3/t9-/m0/s1. The Labute approximate surface area is 83.7 Å². The van der Waals surface area contributed by atoms with Crippen LogP contribution in [0, 0.1) is 0 Å². The van der Waals surface area contributed by atoms with E-state index in [-0.39, 0.29) is 5.91 Å². The number of amides is 1. The summed E-state index contributed by atoms with van der Waals surface area (Å²) < 4.78 is 5.11. The van der Waals surface area contributed by atoms with E-state index in [1.54, 1.807) is 18.4 Å². The minimum atomic E-state index is 0.0298. The lowest BCUT2D eigenvalue weighted by Gasteiger charge is -2.32.